The van der Waals surface area contributed by atoms with Gasteiger partial charge in [-0.05, 0) is 36.1 Å². The van der Waals surface area contributed by atoms with Crippen LogP contribution in [-0.2, 0) is 10.0 Å². The highest BCUT2D eigenvalue weighted by Crippen LogP contribution is 2.30. The lowest BCUT2D eigenvalue weighted by molar-refractivity contribution is 0.402. The summed E-state index contributed by atoms with van der Waals surface area (Å²) in [5.41, 5.74) is 1.96. The Balaban J connectivity index is 3.53. The average molecular weight is 243 g/mol. The summed E-state index contributed by atoms with van der Waals surface area (Å²) >= 11 is 0. The molecule has 0 atom stereocenters. The molecule has 90 valence electrons. The summed E-state index contributed by atoms with van der Waals surface area (Å²) in [5.74, 6) is 0.538. The van der Waals surface area contributed by atoms with Crippen LogP contribution in [0.4, 0.5) is 0 Å². The third-order valence-electron chi connectivity index (χ3n) is 2.48. The van der Waals surface area contributed by atoms with Crippen LogP contribution in [0.1, 0.15) is 30.9 Å². The standard InChI is InChI=1S/C11H17NO3S/c1-7(2)9-6-11(16(12,13)14)10(15-4)5-8(9)3/h5-7H,1-4H3,(H2,12,13,14). The molecular formula is C11H17NO3S. The van der Waals surface area contributed by atoms with Gasteiger partial charge in [0.05, 0.1) is 7.11 Å². The molecule has 0 radical (unpaired) electrons. The van der Waals surface area contributed by atoms with Crippen molar-refractivity contribution in [2.24, 2.45) is 5.14 Å². The number of methoxy groups -OCH3 is 1. The first-order valence-electron chi connectivity index (χ1n) is 4.98. The van der Waals surface area contributed by atoms with Gasteiger partial charge in [0.25, 0.3) is 0 Å². The van der Waals surface area contributed by atoms with E-state index in [4.69, 9.17) is 9.88 Å². The van der Waals surface area contributed by atoms with E-state index in [1.54, 1.807) is 12.1 Å². The summed E-state index contributed by atoms with van der Waals surface area (Å²) in [6, 6.07) is 3.29. The van der Waals surface area contributed by atoms with Crippen molar-refractivity contribution in [1.29, 1.82) is 0 Å². The van der Waals surface area contributed by atoms with Gasteiger partial charge in [-0.15, -0.1) is 0 Å². The monoisotopic (exact) mass is 243 g/mol. The van der Waals surface area contributed by atoms with Gasteiger partial charge in [-0.3, -0.25) is 0 Å². The number of aryl methyl sites for hydroxylation is 1. The molecule has 0 fully saturated rings. The minimum Gasteiger partial charge on any atom is -0.495 e. The smallest absolute Gasteiger partial charge is 0.241 e. The number of nitrogens with two attached hydrogens (primary N) is 1. The lowest BCUT2D eigenvalue weighted by Crippen LogP contribution is -2.14. The van der Waals surface area contributed by atoms with Gasteiger partial charge in [-0.25, -0.2) is 13.6 Å². The zero-order valence-corrected chi connectivity index (χ0v) is 10.8. The van der Waals surface area contributed by atoms with Gasteiger partial charge in [0.1, 0.15) is 10.6 Å². The minimum absolute atomic E-state index is 0.0456. The molecule has 2 N–H and O–H groups in total. The zero-order chi connectivity index (χ0) is 12.5. The number of ether oxygens (including phenoxy) is 1. The first kappa shape index (κ1) is 13.0. The van der Waals surface area contributed by atoms with Crippen LogP contribution in [0.25, 0.3) is 0 Å². The molecule has 1 aromatic rings. The van der Waals surface area contributed by atoms with Crippen molar-refractivity contribution in [2.75, 3.05) is 7.11 Å². The second-order valence-electron chi connectivity index (χ2n) is 4.06. The van der Waals surface area contributed by atoms with Crippen LogP contribution in [0.2, 0.25) is 0 Å². The number of hydrogen-bond acceptors (Lipinski definition) is 3. The Morgan fingerprint density at radius 2 is 1.88 bits per heavy atom. The average Bonchev–Trinajstić information content (AvgIpc) is 2.14. The quantitative estimate of drug-likeness (QED) is 0.879. The first-order chi connectivity index (χ1) is 7.27. The maximum Gasteiger partial charge on any atom is 0.241 e. The molecule has 5 heteroatoms. The van der Waals surface area contributed by atoms with E-state index in [0.29, 0.717) is 5.75 Å². The fraction of sp³-hybridized carbons (Fsp3) is 0.455. The maximum absolute atomic E-state index is 11.4. The number of primary sulfonamides is 1. The van der Waals surface area contributed by atoms with Gasteiger partial charge in [0.2, 0.25) is 10.0 Å². The van der Waals surface area contributed by atoms with Gasteiger partial charge in [0.15, 0.2) is 0 Å². The number of hydrogen-bond donors (Lipinski definition) is 1. The van der Waals surface area contributed by atoms with E-state index in [1.165, 1.54) is 7.11 Å². The Bertz CT molecular complexity index is 492. The Morgan fingerprint density at radius 1 is 1.31 bits per heavy atom. The summed E-state index contributed by atoms with van der Waals surface area (Å²) < 4.78 is 27.8. The number of sulfonamides is 1. The lowest BCUT2D eigenvalue weighted by atomic mass is 9.98. The molecule has 0 saturated heterocycles. The predicted octanol–water partition coefficient (Wildman–Crippen LogP) is 1.77. The molecule has 1 aromatic carbocycles. The molecule has 0 unspecified atom stereocenters. The maximum atomic E-state index is 11.4. The van der Waals surface area contributed by atoms with Crippen molar-refractivity contribution in [3.8, 4) is 5.75 Å². The molecule has 0 spiro atoms. The van der Waals surface area contributed by atoms with Crippen LogP contribution >= 0.6 is 0 Å². The van der Waals surface area contributed by atoms with E-state index >= 15 is 0 Å². The molecule has 0 aliphatic rings. The summed E-state index contributed by atoms with van der Waals surface area (Å²) in [7, 11) is -2.31. The molecule has 0 saturated carbocycles. The third-order valence-corrected chi connectivity index (χ3v) is 3.41. The van der Waals surface area contributed by atoms with Gasteiger partial charge in [0, 0.05) is 0 Å². The van der Waals surface area contributed by atoms with Gasteiger partial charge in [-0.1, -0.05) is 13.8 Å². The topological polar surface area (TPSA) is 69.4 Å². The summed E-state index contributed by atoms with van der Waals surface area (Å²) in [4.78, 5) is 0.0456. The zero-order valence-electron chi connectivity index (χ0n) is 9.94. The van der Waals surface area contributed by atoms with Crippen molar-refractivity contribution >= 4 is 10.0 Å². The molecule has 0 aliphatic heterocycles. The number of benzene rings is 1. The fourth-order valence-corrected chi connectivity index (χ4v) is 2.40. The van der Waals surface area contributed by atoms with Crippen LogP contribution < -0.4 is 9.88 Å². The van der Waals surface area contributed by atoms with Crippen LogP contribution in [0.15, 0.2) is 17.0 Å². The van der Waals surface area contributed by atoms with Gasteiger partial charge in [-0.2, -0.15) is 0 Å². The largest absolute Gasteiger partial charge is 0.495 e. The fourth-order valence-electron chi connectivity index (χ4n) is 1.68. The van der Waals surface area contributed by atoms with E-state index in [1.807, 2.05) is 20.8 Å². The Labute approximate surface area is 96.5 Å². The molecule has 0 aromatic heterocycles. The van der Waals surface area contributed by atoms with Crippen molar-refractivity contribution in [3.05, 3.63) is 23.3 Å². The Hall–Kier alpha value is -1.07. The second-order valence-corrected chi connectivity index (χ2v) is 5.59. The second kappa shape index (κ2) is 4.43. The SMILES string of the molecule is COc1cc(C)c(C(C)C)cc1S(N)(=O)=O. The van der Waals surface area contributed by atoms with Crippen LogP contribution in [0, 0.1) is 6.92 Å². The molecule has 0 amide bonds. The predicted molar refractivity (Wildman–Crippen MR) is 63.2 cm³/mol. The highest BCUT2D eigenvalue weighted by molar-refractivity contribution is 7.89. The molecule has 0 aliphatic carbocycles. The lowest BCUT2D eigenvalue weighted by Gasteiger charge is -2.14. The van der Waals surface area contributed by atoms with E-state index < -0.39 is 10.0 Å². The van der Waals surface area contributed by atoms with Gasteiger partial charge < -0.3 is 4.74 Å². The Kier molecular flexibility index (Phi) is 3.60. The van der Waals surface area contributed by atoms with Gasteiger partial charge >= 0.3 is 0 Å². The van der Waals surface area contributed by atoms with Crippen molar-refractivity contribution < 1.29 is 13.2 Å². The Morgan fingerprint density at radius 3 is 2.25 bits per heavy atom. The summed E-state index contributed by atoms with van der Waals surface area (Å²) in [5, 5.41) is 5.14. The summed E-state index contributed by atoms with van der Waals surface area (Å²) in [6.07, 6.45) is 0. The van der Waals surface area contributed by atoms with Crippen molar-refractivity contribution in [2.45, 2.75) is 31.6 Å². The van der Waals surface area contributed by atoms with Crippen LogP contribution in [0.3, 0.4) is 0 Å². The molecule has 16 heavy (non-hydrogen) atoms. The van der Waals surface area contributed by atoms with Crippen molar-refractivity contribution in [1.82, 2.24) is 0 Å². The first-order valence-corrected chi connectivity index (χ1v) is 6.53. The normalized spacial score (nSPS) is 11.9. The van der Waals surface area contributed by atoms with E-state index in [2.05, 4.69) is 0 Å². The molecule has 0 bridgehead atoms. The highest BCUT2D eigenvalue weighted by atomic mass is 32.2. The van der Waals surface area contributed by atoms with Crippen LogP contribution in [0.5, 0.6) is 5.75 Å². The molecule has 0 heterocycles. The van der Waals surface area contributed by atoms with E-state index in [0.717, 1.165) is 11.1 Å². The van der Waals surface area contributed by atoms with E-state index in [9.17, 15) is 8.42 Å². The van der Waals surface area contributed by atoms with E-state index in [-0.39, 0.29) is 10.8 Å². The molecular weight excluding hydrogens is 226 g/mol. The minimum atomic E-state index is -3.74. The third kappa shape index (κ3) is 2.54. The van der Waals surface area contributed by atoms with Crippen molar-refractivity contribution in [3.63, 3.8) is 0 Å². The highest BCUT2D eigenvalue weighted by Gasteiger charge is 2.18. The molecule has 1 rings (SSSR count). The molecule has 4 nitrogen and oxygen atoms in total. The summed E-state index contributed by atoms with van der Waals surface area (Å²) in [6.45, 7) is 5.92. The van der Waals surface area contributed by atoms with Crippen LogP contribution in [-0.4, -0.2) is 15.5 Å². The number of rotatable bonds is 3.